The van der Waals surface area contributed by atoms with Crippen molar-refractivity contribution in [3.63, 3.8) is 0 Å². The average molecular weight is 394 g/mol. The maximum atomic E-state index is 13.4. The van der Waals surface area contributed by atoms with Crippen molar-refractivity contribution in [1.29, 1.82) is 0 Å². The molecule has 0 spiro atoms. The summed E-state index contributed by atoms with van der Waals surface area (Å²) in [5.74, 6) is -0.0287. The van der Waals surface area contributed by atoms with Gasteiger partial charge in [-0.2, -0.15) is 0 Å². The summed E-state index contributed by atoms with van der Waals surface area (Å²) < 4.78 is 1.73. The number of benzene rings is 1. The molecule has 0 bridgehead atoms. The van der Waals surface area contributed by atoms with Crippen molar-refractivity contribution < 1.29 is 4.79 Å². The second-order valence-corrected chi connectivity index (χ2v) is 7.63. The van der Waals surface area contributed by atoms with E-state index in [0.717, 1.165) is 60.9 Å². The van der Waals surface area contributed by atoms with E-state index < -0.39 is 0 Å². The molecule has 0 aliphatic heterocycles. The van der Waals surface area contributed by atoms with E-state index >= 15 is 0 Å². The molecule has 29 heavy (non-hydrogen) atoms. The highest BCUT2D eigenvalue weighted by atomic mass is 16.2. The zero-order valence-electron chi connectivity index (χ0n) is 17.9. The fraction of sp³-hybridized carbons (Fsp3) is 0.478. The van der Waals surface area contributed by atoms with Crippen molar-refractivity contribution in [3.05, 3.63) is 47.9 Å². The Morgan fingerprint density at radius 1 is 1.14 bits per heavy atom. The lowest BCUT2D eigenvalue weighted by Gasteiger charge is -2.28. The molecule has 0 N–H and O–H groups in total. The van der Waals surface area contributed by atoms with E-state index in [2.05, 4.69) is 36.1 Å². The zero-order chi connectivity index (χ0) is 20.8. The monoisotopic (exact) mass is 393 g/mol. The highest BCUT2D eigenvalue weighted by Crippen LogP contribution is 2.22. The van der Waals surface area contributed by atoms with E-state index in [4.69, 9.17) is 0 Å². The predicted molar refractivity (Wildman–Crippen MR) is 116 cm³/mol. The number of nitrogens with zero attached hydrogens (tertiary/aromatic N) is 5. The van der Waals surface area contributed by atoms with Gasteiger partial charge in [0, 0.05) is 24.2 Å². The SMILES string of the molecule is CCCCCN(C(=O)c1nnn(-c2cccc3cccnc23)c1C)C(C)CCC. The van der Waals surface area contributed by atoms with Gasteiger partial charge in [0.15, 0.2) is 5.69 Å². The van der Waals surface area contributed by atoms with Crippen LogP contribution < -0.4 is 0 Å². The van der Waals surface area contributed by atoms with Crippen LogP contribution in [0, 0.1) is 6.92 Å². The molecule has 2 aromatic heterocycles. The Hall–Kier alpha value is -2.76. The summed E-state index contributed by atoms with van der Waals surface area (Å²) in [6.45, 7) is 9.12. The molecule has 3 aromatic rings. The normalized spacial score (nSPS) is 12.3. The van der Waals surface area contributed by atoms with E-state index in [9.17, 15) is 4.79 Å². The largest absolute Gasteiger partial charge is 0.334 e. The lowest BCUT2D eigenvalue weighted by atomic mass is 10.1. The molecular formula is C23H31N5O. The Balaban J connectivity index is 1.94. The highest BCUT2D eigenvalue weighted by Gasteiger charge is 2.26. The lowest BCUT2D eigenvalue weighted by molar-refractivity contribution is 0.0672. The molecule has 1 atom stereocenters. The van der Waals surface area contributed by atoms with Crippen molar-refractivity contribution in [1.82, 2.24) is 24.9 Å². The van der Waals surface area contributed by atoms with Crippen molar-refractivity contribution in [2.24, 2.45) is 0 Å². The van der Waals surface area contributed by atoms with Gasteiger partial charge in [-0.25, -0.2) is 4.68 Å². The van der Waals surface area contributed by atoms with Crippen LogP contribution in [-0.2, 0) is 0 Å². The summed E-state index contributed by atoms with van der Waals surface area (Å²) in [7, 11) is 0. The number of pyridine rings is 1. The molecule has 6 heteroatoms. The van der Waals surface area contributed by atoms with Crippen LogP contribution in [0.1, 0.15) is 69.1 Å². The van der Waals surface area contributed by atoms with Crippen LogP contribution in [0.3, 0.4) is 0 Å². The van der Waals surface area contributed by atoms with Crippen LogP contribution >= 0.6 is 0 Å². The van der Waals surface area contributed by atoms with E-state index in [1.807, 2.05) is 42.2 Å². The van der Waals surface area contributed by atoms with Gasteiger partial charge in [-0.05, 0) is 38.8 Å². The lowest BCUT2D eigenvalue weighted by Crippen LogP contribution is -2.40. The van der Waals surface area contributed by atoms with Gasteiger partial charge >= 0.3 is 0 Å². The molecule has 1 amide bonds. The smallest absolute Gasteiger partial charge is 0.276 e. The Bertz CT molecular complexity index is 960. The first-order valence-corrected chi connectivity index (χ1v) is 10.7. The molecule has 0 saturated carbocycles. The van der Waals surface area contributed by atoms with Crippen LogP contribution in [0.2, 0.25) is 0 Å². The molecule has 6 nitrogen and oxygen atoms in total. The fourth-order valence-electron chi connectivity index (χ4n) is 3.78. The third kappa shape index (κ3) is 4.47. The van der Waals surface area contributed by atoms with E-state index in [1.54, 1.807) is 10.9 Å². The number of aromatic nitrogens is 4. The quantitative estimate of drug-likeness (QED) is 0.483. The fourth-order valence-corrected chi connectivity index (χ4v) is 3.78. The number of carbonyl (C=O) groups excluding carboxylic acids is 1. The number of fused-ring (bicyclic) bond motifs is 1. The highest BCUT2D eigenvalue weighted by molar-refractivity contribution is 5.94. The average Bonchev–Trinajstić information content (AvgIpc) is 3.11. The minimum Gasteiger partial charge on any atom is -0.334 e. The number of hydrogen-bond donors (Lipinski definition) is 0. The van der Waals surface area contributed by atoms with Crippen molar-refractivity contribution in [2.75, 3.05) is 6.54 Å². The van der Waals surface area contributed by atoms with Crippen LogP contribution in [0.4, 0.5) is 0 Å². The molecule has 0 aliphatic carbocycles. The van der Waals surface area contributed by atoms with Crippen LogP contribution in [0.5, 0.6) is 0 Å². The van der Waals surface area contributed by atoms with Crippen molar-refractivity contribution in [3.8, 4) is 5.69 Å². The minimum absolute atomic E-state index is 0.0287. The maximum Gasteiger partial charge on any atom is 0.276 e. The van der Waals surface area contributed by atoms with Gasteiger partial charge in [0.25, 0.3) is 5.91 Å². The number of rotatable bonds is 9. The van der Waals surface area contributed by atoms with Gasteiger partial charge in [0.1, 0.15) is 0 Å². The topological polar surface area (TPSA) is 63.9 Å². The van der Waals surface area contributed by atoms with Gasteiger partial charge in [0.05, 0.1) is 16.9 Å². The number of unbranched alkanes of at least 4 members (excludes halogenated alkanes) is 2. The summed E-state index contributed by atoms with van der Waals surface area (Å²) >= 11 is 0. The maximum absolute atomic E-state index is 13.4. The van der Waals surface area contributed by atoms with Gasteiger partial charge in [0.2, 0.25) is 0 Å². The first-order valence-electron chi connectivity index (χ1n) is 10.7. The predicted octanol–water partition coefficient (Wildman–Crippen LogP) is 4.94. The van der Waals surface area contributed by atoms with Crippen molar-refractivity contribution >= 4 is 16.8 Å². The van der Waals surface area contributed by atoms with Crippen LogP contribution in [0.25, 0.3) is 16.6 Å². The van der Waals surface area contributed by atoms with Gasteiger partial charge in [-0.3, -0.25) is 9.78 Å². The molecule has 3 rings (SSSR count). The molecule has 0 aliphatic rings. The second kappa shape index (κ2) is 9.63. The molecule has 0 radical (unpaired) electrons. The van der Waals surface area contributed by atoms with Gasteiger partial charge in [-0.15, -0.1) is 5.10 Å². The molecule has 154 valence electrons. The van der Waals surface area contributed by atoms with Crippen LogP contribution in [0.15, 0.2) is 36.5 Å². The Labute approximate surface area is 172 Å². The van der Waals surface area contributed by atoms with Crippen LogP contribution in [-0.4, -0.2) is 43.4 Å². The summed E-state index contributed by atoms with van der Waals surface area (Å²) in [6, 6.07) is 10.1. The summed E-state index contributed by atoms with van der Waals surface area (Å²) in [5.41, 5.74) is 2.86. The first-order chi connectivity index (χ1) is 14.1. The van der Waals surface area contributed by atoms with Gasteiger partial charge in [-0.1, -0.05) is 56.5 Å². The van der Waals surface area contributed by atoms with E-state index in [1.165, 1.54) is 0 Å². The van der Waals surface area contributed by atoms with Gasteiger partial charge < -0.3 is 4.90 Å². The Kier molecular flexibility index (Phi) is 6.96. The van der Waals surface area contributed by atoms with E-state index in [-0.39, 0.29) is 11.9 Å². The Morgan fingerprint density at radius 3 is 2.69 bits per heavy atom. The Morgan fingerprint density at radius 2 is 1.93 bits per heavy atom. The van der Waals surface area contributed by atoms with Crippen molar-refractivity contribution in [2.45, 2.75) is 65.8 Å². The summed E-state index contributed by atoms with van der Waals surface area (Å²) in [6.07, 6.45) is 7.07. The number of amides is 1. The summed E-state index contributed by atoms with van der Waals surface area (Å²) in [5, 5.41) is 9.64. The summed E-state index contributed by atoms with van der Waals surface area (Å²) in [4.78, 5) is 19.9. The molecule has 1 aromatic carbocycles. The zero-order valence-corrected chi connectivity index (χ0v) is 17.9. The standard InChI is InChI=1S/C23H31N5O/c1-5-7-8-16-27(17(3)11-6-2)23(29)21-18(4)28(26-25-21)20-14-9-12-19-13-10-15-24-22(19)20/h9-10,12-15,17H,5-8,11,16H2,1-4H3. The number of para-hydroxylation sites is 1. The molecule has 1 unspecified atom stereocenters. The second-order valence-electron chi connectivity index (χ2n) is 7.63. The third-order valence-electron chi connectivity index (χ3n) is 5.44. The molecule has 2 heterocycles. The number of carbonyl (C=O) groups is 1. The first kappa shape index (κ1) is 21.0. The minimum atomic E-state index is -0.0287. The third-order valence-corrected chi connectivity index (χ3v) is 5.44. The molecular weight excluding hydrogens is 362 g/mol. The number of hydrogen-bond acceptors (Lipinski definition) is 4. The molecule has 0 fully saturated rings. The molecule has 0 saturated heterocycles. The van der Waals surface area contributed by atoms with E-state index in [0.29, 0.717) is 5.69 Å².